The van der Waals surface area contributed by atoms with Crippen LogP contribution < -0.4 is 10.6 Å². The number of nitrogens with zero attached hydrogens (tertiary/aromatic N) is 2. The van der Waals surface area contributed by atoms with Crippen molar-refractivity contribution in [2.24, 2.45) is 0 Å². The first-order chi connectivity index (χ1) is 10.2. The molecule has 1 amide bonds. The van der Waals surface area contributed by atoms with E-state index in [1.54, 1.807) is 0 Å². The minimum atomic E-state index is -0.0539. The van der Waals surface area contributed by atoms with Crippen molar-refractivity contribution in [2.45, 2.75) is 25.8 Å². The molecule has 0 aliphatic carbocycles. The van der Waals surface area contributed by atoms with E-state index in [9.17, 15) is 4.79 Å². The first kappa shape index (κ1) is 13.7. The maximum Gasteiger partial charge on any atom is 0.227 e. The number of para-hydroxylation sites is 1. The van der Waals surface area contributed by atoms with Gasteiger partial charge in [-0.15, -0.1) is 0 Å². The van der Waals surface area contributed by atoms with Gasteiger partial charge in [0.05, 0.1) is 18.7 Å². The Morgan fingerprint density at radius 2 is 2.33 bits per heavy atom. The number of amides is 1. The van der Waals surface area contributed by atoms with Crippen LogP contribution >= 0.6 is 0 Å². The van der Waals surface area contributed by atoms with Crippen molar-refractivity contribution in [3.05, 3.63) is 47.8 Å². The normalized spacial score (nSPS) is 16.9. The van der Waals surface area contributed by atoms with Gasteiger partial charge in [-0.1, -0.05) is 18.2 Å². The molecule has 3 rings (SSSR count). The second-order valence-corrected chi connectivity index (χ2v) is 5.43. The first-order valence-corrected chi connectivity index (χ1v) is 7.33. The summed E-state index contributed by atoms with van der Waals surface area (Å²) in [6.07, 6.45) is 4.64. The number of aryl methyl sites for hydroxylation is 1. The van der Waals surface area contributed by atoms with Crippen molar-refractivity contribution in [1.29, 1.82) is 0 Å². The number of hydrogen-bond donors (Lipinski definition) is 2. The van der Waals surface area contributed by atoms with Gasteiger partial charge < -0.3 is 10.6 Å². The molecule has 2 heterocycles. The van der Waals surface area contributed by atoms with Crippen molar-refractivity contribution in [3.8, 4) is 0 Å². The van der Waals surface area contributed by atoms with Gasteiger partial charge in [0.15, 0.2) is 0 Å². The Balaban J connectivity index is 1.59. The minimum Gasteiger partial charge on any atom is -0.385 e. The van der Waals surface area contributed by atoms with Gasteiger partial charge in [-0.3, -0.25) is 9.48 Å². The maximum absolute atomic E-state index is 12.4. The molecule has 2 aromatic rings. The fourth-order valence-electron chi connectivity index (χ4n) is 2.75. The Kier molecular flexibility index (Phi) is 3.90. The van der Waals surface area contributed by atoms with E-state index >= 15 is 0 Å². The van der Waals surface area contributed by atoms with E-state index in [2.05, 4.69) is 15.7 Å². The van der Waals surface area contributed by atoms with Gasteiger partial charge in [-0.2, -0.15) is 5.10 Å². The second kappa shape index (κ2) is 5.99. The van der Waals surface area contributed by atoms with Gasteiger partial charge in [0.25, 0.3) is 0 Å². The Morgan fingerprint density at radius 1 is 1.48 bits per heavy atom. The van der Waals surface area contributed by atoms with Crippen LogP contribution in [-0.2, 0) is 11.3 Å². The van der Waals surface area contributed by atoms with Crippen molar-refractivity contribution in [2.75, 3.05) is 18.4 Å². The number of rotatable bonds is 4. The highest BCUT2D eigenvalue weighted by molar-refractivity contribution is 5.86. The summed E-state index contributed by atoms with van der Waals surface area (Å²) in [6, 6.07) is 8.04. The van der Waals surface area contributed by atoms with E-state index in [1.165, 1.54) is 0 Å². The molecule has 0 saturated carbocycles. The lowest BCUT2D eigenvalue weighted by Gasteiger charge is -2.25. The zero-order valence-corrected chi connectivity index (χ0v) is 12.2. The van der Waals surface area contributed by atoms with E-state index in [0.29, 0.717) is 13.1 Å². The quantitative estimate of drug-likeness (QED) is 0.901. The third-order valence-corrected chi connectivity index (χ3v) is 3.80. The summed E-state index contributed by atoms with van der Waals surface area (Å²) >= 11 is 0. The number of benzene rings is 1. The molecule has 2 N–H and O–H groups in total. The number of carbonyl (C=O) groups is 1. The van der Waals surface area contributed by atoms with Gasteiger partial charge in [0.1, 0.15) is 0 Å². The Bertz CT molecular complexity index is 635. The molecule has 1 atom stereocenters. The largest absolute Gasteiger partial charge is 0.385 e. The van der Waals surface area contributed by atoms with Crippen LogP contribution in [0.25, 0.3) is 0 Å². The SMILES string of the molecule is Cc1cnn(CCNC(=O)C2CCNc3ccccc32)c1. The monoisotopic (exact) mass is 284 g/mol. The highest BCUT2D eigenvalue weighted by atomic mass is 16.1. The van der Waals surface area contributed by atoms with E-state index in [1.807, 2.05) is 48.3 Å². The smallest absolute Gasteiger partial charge is 0.227 e. The molecule has 1 aromatic heterocycles. The lowest BCUT2D eigenvalue weighted by atomic mass is 9.90. The third kappa shape index (κ3) is 3.07. The van der Waals surface area contributed by atoms with Crippen LogP contribution in [0.4, 0.5) is 5.69 Å². The predicted molar refractivity (Wildman–Crippen MR) is 82.3 cm³/mol. The van der Waals surface area contributed by atoms with Crippen molar-refractivity contribution < 1.29 is 4.79 Å². The van der Waals surface area contributed by atoms with Gasteiger partial charge in [0.2, 0.25) is 5.91 Å². The van der Waals surface area contributed by atoms with Gasteiger partial charge >= 0.3 is 0 Å². The predicted octanol–water partition coefficient (Wildman–Crippen LogP) is 1.91. The Labute approximate surface area is 124 Å². The Morgan fingerprint density at radius 3 is 3.14 bits per heavy atom. The molecule has 21 heavy (non-hydrogen) atoms. The lowest BCUT2D eigenvalue weighted by Crippen LogP contribution is -2.34. The van der Waals surface area contributed by atoms with Crippen molar-refractivity contribution in [1.82, 2.24) is 15.1 Å². The second-order valence-electron chi connectivity index (χ2n) is 5.43. The zero-order chi connectivity index (χ0) is 14.7. The molecule has 1 aliphatic heterocycles. The third-order valence-electron chi connectivity index (χ3n) is 3.80. The van der Waals surface area contributed by atoms with Crippen LogP contribution in [0.3, 0.4) is 0 Å². The molecule has 0 spiro atoms. The molecule has 0 radical (unpaired) electrons. The standard InChI is InChI=1S/C16H20N4O/c1-12-10-19-20(11-12)9-8-18-16(21)14-6-7-17-15-5-3-2-4-13(14)15/h2-5,10-11,14,17H,6-9H2,1H3,(H,18,21). The fraction of sp³-hybridized carbons (Fsp3) is 0.375. The maximum atomic E-state index is 12.4. The van der Waals surface area contributed by atoms with Crippen LogP contribution in [0.1, 0.15) is 23.5 Å². The van der Waals surface area contributed by atoms with E-state index in [0.717, 1.165) is 29.8 Å². The molecular weight excluding hydrogens is 264 g/mol. The van der Waals surface area contributed by atoms with Gasteiger partial charge in [-0.25, -0.2) is 0 Å². The van der Waals surface area contributed by atoms with E-state index in [4.69, 9.17) is 0 Å². The van der Waals surface area contributed by atoms with E-state index < -0.39 is 0 Å². The van der Waals surface area contributed by atoms with Crippen LogP contribution in [0, 0.1) is 6.92 Å². The van der Waals surface area contributed by atoms with Crippen LogP contribution in [-0.4, -0.2) is 28.8 Å². The number of fused-ring (bicyclic) bond motifs is 1. The number of anilines is 1. The molecular formula is C16H20N4O. The van der Waals surface area contributed by atoms with Gasteiger partial charge in [-0.05, 0) is 30.5 Å². The molecule has 1 aromatic carbocycles. The number of nitrogens with one attached hydrogen (secondary N) is 2. The number of carbonyl (C=O) groups excluding carboxylic acids is 1. The molecule has 0 bridgehead atoms. The summed E-state index contributed by atoms with van der Waals surface area (Å²) in [5, 5.41) is 10.6. The lowest BCUT2D eigenvalue weighted by molar-refractivity contribution is -0.122. The summed E-state index contributed by atoms with van der Waals surface area (Å²) < 4.78 is 1.85. The minimum absolute atomic E-state index is 0.0539. The molecule has 0 saturated heterocycles. The van der Waals surface area contributed by atoms with Crippen molar-refractivity contribution >= 4 is 11.6 Å². The first-order valence-electron chi connectivity index (χ1n) is 7.33. The summed E-state index contributed by atoms with van der Waals surface area (Å²) in [7, 11) is 0. The zero-order valence-electron chi connectivity index (χ0n) is 12.2. The van der Waals surface area contributed by atoms with Crippen molar-refractivity contribution in [3.63, 3.8) is 0 Å². The van der Waals surface area contributed by atoms with E-state index in [-0.39, 0.29) is 11.8 Å². The highest BCUT2D eigenvalue weighted by Gasteiger charge is 2.25. The molecule has 5 heteroatoms. The summed E-state index contributed by atoms with van der Waals surface area (Å²) in [5.41, 5.74) is 3.30. The molecule has 0 fully saturated rings. The topological polar surface area (TPSA) is 59.0 Å². The summed E-state index contributed by atoms with van der Waals surface area (Å²) in [5.74, 6) is 0.0506. The summed E-state index contributed by atoms with van der Waals surface area (Å²) in [6.45, 7) is 4.15. The molecule has 1 aliphatic rings. The summed E-state index contributed by atoms with van der Waals surface area (Å²) in [4.78, 5) is 12.4. The van der Waals surface area contributed by atoms with Gasteiger partial charge in [0, 0.05) is 25.0 Å². The van der Waals surface area contributed by atoms with Crippen LogP contribution in [0.2, 0.25) is 0 Å². The number of aromatic nitrogens is 2. The molecule has 5 nitrogen and oxygen atoms in total. The molecule has 1 unspecified atom stereocenters. The molecule has 110 valence electrons. The average molecular weight is 284 g/mol. The number of hydrogen-bond acceptors (Lipinski definition) is 3. The highest BCUT2D eigenvalue weighted by Crippen LogP contribution is 2.31. The average Bonchev–Trinajstić information content (AvgIpc) is 2.92. The van der Waals surface area contributed by atoms with Crippen LogP contribution in [0.15, 0.2) is 36.7 Å². The van der Waals surface area contributed by atoms with Crippen LogP contribution in [0.5, 0.6) is 0 Å². The Hall–Kier alpha value is -2.30. The fourth-order valence-corrected chi connectivity index (χ4v) is 2.75.